The smallest absolute Gasteiger partial charge is 0.131 e. The molecule has 2 N–H and O–H groups in total. The molecule has 0 aliphatic carbocycles. The highest BCUT2D eigenvalue weighted by Crippen LogP contribution is 2.25. The lowest BCUT2D eigenvalue weighted by atomic mass is 10.0. The minimum Gasteiger partial charge on any atom is -0.507 e. The summed E-state index contributed by atoms with van der Waals surface area (Å²) < 4.78 is 1.85. The maximum atomic E-state index is 10.6. The third kappa shape index (κ3) is 3.78. The van der Waals surface area contributed by atoms with E-state index in [1.54, 1.807) is 18.6 Å². The highest BCUT2D eigenvalue weighted by atomic mass is 16.3. The van der Waals surface area contributed by atoms with Gasteiger partial charge in [-0.2, -0.15) is 0 Å². The fourth-order valence-corrected chi connectivity index (χ4v) is 3.39. The summed E-state index contributed by atoms with van der Waals surface area (Å²) in [5, 5.41) is 23.0. The Labute approximate surface area is 158 Å². The minimum atomic E-state index is 0.187. The van der Waals surface area contributed by atoms with Gasteiger partial charge in [0.2, 0.25) is 0 Å². The minimum absolute atomic E-state index is 0.187. The van der Waals surface area contributed by atoms with Crippen molar-refractivity contribution in [3.05, 3.63) is 54.1 Å². The zero-order valence-electron chi connectivity index (χ0n) is 15.5. The Hall–Kier alpha value is -2.93. The Kier molecular flexibility index (Phi) is 5.02. The standard InChI is InChI=1S/C20H24N6O/c1-2-15-11-18(23-24-20(12-15)25-8-5-21-6-9-25)17-4-3-16(13-19(17)27)26-10-7-22-14-26/h3-4,7,10-11,13-14,21,27H,2,5-6,8-9,12H2,1H3. The van der Waals surface area contributed by atoms with E-state index in [4.69, 9.17) is 0 Å². The number of hydrogen-bond acceptors (Lipinski definition) is 6. The number of allylic oxidation sites excluding steroid dienone is 1. The molecule has 0 radical (unpaired) electrons. The molecule has 0 saturated carbocycles. The van der Waals surface area contributed by atoms with Gasteiger partial charge in [0.25, 0.3) is 0 Å². The summed E-state index contributed by atoms with van der Waals surface area (Å²) in [6.45, 7) is 5.98. The zero-order chi connectivity index (χ0) is 18.6. The molecule has 0 unspecified atom stereocenters. The Bertz CT molecular complexity index is 891. The summed E-state index contributed by atoms with van der Waals surface area (Å²) in [4.78, 5) is 6.35. The topological polar surface area (TPSA) is 78.0 Å². The van der Waals surface area contributed by atoms with Gasteiger partial charge in [-0.15, -0.1) is 10.2 Å². The van der Waals surface area contributed by atoms with Gasteiger partial charge in [-0.1, -0.05) is 12.5 Å². The van der Waals surface area contributed by atoms with E-state index in [-0.39, 0.29) is 5.75 Å². The van der Waals surface area contributed by atoms with Crippen LogP contribution in [0.25, 0.3) is 5.69 Å². The lowest BCUT2D eigenvalue weighted by Crippen LogP contribution is -2.46. The number of nitrogens with one attached hydrogen (secondary N) is 1. The highest BCUT2D eigenvalue weighted by Gasteiger charge is 2.19. The van der Waals surface area contributed by atoms with E-state index in [9.17, 15) is 5.11 Å². The number of amidine groups is 1. The van der Waals surface area contributed by atoms with Crippen molar-refractivity contribution in [3.8, 4) is 11.4 Å². The summed E-state index contributed by atoms with van der Waals surface area (Å²) in [5.41, 5.74) is 3.51. The molecule has 7 heteroatoms. The van der Waals surface area contributed by atoms with Crippen molar-refractivity contribution in [2.24, 2.45) is 10.2 Å². The molecule has 1 saturated heterocycles. The number of nitrogens with zero attached hydrogens (tertiary/aromatic N) is 5. The molecular formula is C20H24N6O. The van der Waals surface area contributed by atoms with Crippen molar-refractivity contribution in [2.75, 3.05) is 26.2 Å². The molecule has 1 aromatic carbocycles. The molecule has 0 atom stereocenters. The van der Waals surface area contributed by atoms with E-state index in [1.807, 2.05) is 22.9 Å². The average molecular weight is 364 g/mol. The molecule has 7 nitrogen and oxygen atoms in total. The number of benzene rings is 1. The van der Waals surface area contributed by atoms with Crippen LogP contribution in [0.15, 0.2) is 58.8 Å². The summed E-state index contributed by atoms with van der Waals surface area (Å²) in [5.74, 6) is 1.20. The van der Waals surface area contributed by atoms with Gasteiger partial charge in [-0.05, 0) is 24.6 Å². The maximum absolute atomic E-state index is 10.6. The van der Waals surface area contributed by atoms with Gasteiger partial charge in [-0.25, -0.2) is 4.98 Å². The Balaban J connectivity index is 1.67. The predicted molar refractivity (Wildman–Crippen MR) is 107 cm³/mol. The SMILES string of the molecule is CCC1=CC(c2ccc(-n3ccnc3)cc2O)=NN=C(N2CCNCC2)C1. The summed E-state index contributed by atoms with van der Waals surface area (Å²) >= 11 is 0. The molecule has 27 heavy (non-hydrogen) atoms. The number of phenols is 1. The first kappa shape index (κ1) is 17.5. The van der Waals surface area contributed by atoms with Crippen molar-refractivity contribution in [1.29, 1.82) is 0 Å². The van der Waals surface area contributed by atoms with Crippen LogP contribution < -0.4 is 5.32 Å². The molecule has 2 aromatic rings. The first-order valence-corrected chi connectivity index (χ1v) is 9.36. The predicted octanol–water partition coefficient (Wildman–Crippen LogP) is 2.33. The summed E-state index contributed by atoms with van der Waals surface area (Å²) in [6.07, 6.45) is 9.05. The van der Waals surface area contributed by atoms with Crippen LogP contribution in [-0.2, 0) is 0 Å². The van der Waals surface area contributed by atoms with Gasteiger partial charge in [0, 0.05) is 56.6 Å². The van der Waals surface area contributed by atoms with Gasteiger partial charge in [0.15, 0.2) is 0 Å². The van der Waals surface area contributed by atoms with Crippen molar-refractivity contribution in [3.63, 3.8) is 0 Å². The number of aromatic hydroxyl groups is 1. The van der Waals surface area contributed by atoms with E-state index >= 15 is 0 Å². The number of imidazole rings is 1. The second-order valence-electron chi connectivity index (χ2n) is 6.74. The third-order valence-corrected chi connectivity index (χ3v) is 5.00. The molecule has 2 aliphatic rings. The number of piperazine rings is 1. The Morgan fingerprint density at radius 1 is 1.19 bits per heavy atom. The molecule has 1 aromatic heterocycles. The lowest BCUT2D eigenvalue weighted by molar-refractivity contribution is 0.352. The molecule has 2 aliphatic heterocycles. The largest absolute Gasteiger partial charge is 0.507 e. The molecule has 1 fully saturated rings. The normalized spacial score (nSPS) is 17.8. The number of phenolic OH excluding ortho intramolecular Hbond substituents is 1. The van der Waals surface area contributed by atoms with E-state index in [2.05, 4.69) is 38.4 Å². The molecule has 0 amide bonds. The van der Waals surface area contributed by atoms with Crippen LogP contribution in [0.3, 0.4) is 0 Å². The van der Waals surface area contributed by atoms with Crippen LogP contribution >= 0.6 is 0 Å². The molecule has 3 heterocycles. The zero-order valence-corrected chi connectivity index (χ0v) is 15.5. The van der Waals surface area contributed by atoms with Crippen molar-refractivity contribution >= 4 is 11.5 Å². The van der Waals surface area contributed by atoms with Crippen LogP contribution in [-0.4, -0.2) is 57.3 Å². The second-order valence-corrected chi connectivity index (χ2v) is 6.74. The van der Waals surface area contributed by atoms with Crippen LogP contribution in [0.2, 0.25) is 0 Å². The van der Waals surface area contributed by atoms with E-state index in [0.717, 1.165) is 50.5 Å². The first-order chi connectivity index (χ1) is 13.2. The fourth-order valence-electron chi connectivity index (χ4n) is 3.39. The lowest BCUT2D eigenvalue weighted by Gasteiger charge is -2.29. The Morgan fingerprint density at radius 3 is 2.74 bits per heavy atom. The van der Waals surface area contributed by atoms with Crippen molar-refractivity contribution < 1.29 is 5.11 Å². The van der Waals surface area contributed by atoms with Crippen LogP contribution in [0.1, 0.15) is 25.3 Å². The number of hydrogen-bond donors (Lipinski definition) is 2. The second kappa shape index (κ2) is 7.75. The third-order valence-electron chi connectivity index (χ3n) is 5.00. The highest BCUT2D eigenvalue weighted by molar-refractivity contribution is 6.12. The summed E-state index contributed by atoms with van der Waals surface area (Å²) in [6, 6.07) is 5.56. The van der Waals surface area contributed by atoms with Gasteiger partial charge in [-0.3, -0.25) is 0 Å². The fraction of sp³-hybridized carbons (Fsp3) is 0.350. The molecule has 0 spiro atoms. The molecule has 0 bridgehead atoms. The van der Waals surface area contributed by atoms with Crippen molar-refractivity contribution in [1.82, 2.24) is 19.8 Å². The number of rotatable bonds is 3. The molecule has 140 valence electrons. The van der Waals surface area contributed by atoms with Crippen LogP contribution in [0.4, 0.5) is 0 Å². The number of aromatic nitrogens is 2. The van der Waals surface area contributed by atoms with Crippen molar-refractivity contribution in [2.45, 2.75) is 19.8 Å². The Morgan fingerprint density at radius 2 is 2.04 bits per heavy atom. The van der Waals surface area contributed by atoms with Gasteiger partial charge >= 0.3 is 0 Å². The quantitative estimate of drug-likeness (QED) is 0.876. The first-order valence-electron chi connectivity index (χ1n) is 9.36. The van der Waals surface area contributed by atoms with Gasteiger partial charge < -0.3 is 19.9 Å². The maximum Gasteiger partial charge on any atom is 0.131 e. The molecular weight excluding hydrogens is 340 g/mol. The average Bonchev–Trinajstić information content (AvgIpc) is 3.16. The van der Waals surface area contributed by atoms with E-state index in [0.29, 0.717) is 11.3 Å². The van der Waals surface area contributed by atoms with Gasteiger partial charge in [0.1, 0.15) is 11.6 Å². The van der Waals surface area contributed by atoms with Crippen LogP contribution in [0, 0.1) is 0 Å². The van der Waals surface area contributed by atoms with E-state index < -0.39 is 0 Å². The monoisotopic (exact) mass is 364 g/mol. The van der Waals surface area contributed by atoms with E-state index in [1.165, 1.54) is 5.57 Å². The summed E-state index contributed by atoms with van der Waals surface area (Å²) in [7, 11) is 0. The van der Waals surface area contributed by atoms with Gasteiger partial charge in [0.05, 0.1) is 17.7 Å². The molecule has 4 rings (SSSR count). The van der Waals surface area contributed by atoms with Crippen LogP contribution in [0.5, 0.6) is 5.75 Å².